The van der Waals surface area contributed by atoms with Crippen LogP contribution in [0.2, 0.25) is 0 Å². The number of amides is 2. The average Bonchev–Trinajstić information content (AvgIpc) is 2.64. The molecule has 0 bridgehead atoms. The van der Waals surface area contributed by atoms with E-state index in [1.165, 1.54) is 0 Å². The number of hydrogen-bond acceptors (Lipinski definition) is 3. The lowest BCUT2D eigenvalue weighted by atomic mass is 9.97. The van der Waals surface area contributed by atoms with Gasteiger partial charge in [-0.25, -0.2) is 0 Å². The highest BCUT2D eigenvalue weighted by Gasteiger charge is 2.30. The number of carbonyl (C=O) groups is 2. The highest BCUT2D eigenvalue weighted by Crippen LogP contribution is 2.15. The summed E-state index contributed by atoms with van der Waals surface area (Å²) in [7, 11) is 0. The second-order valence-corrected chi connectivity index (χ2v) is 4.37. The Morgan fingerprint density at radius 1 is 1.44 bits per heavy atom. The van der Waals surface area contributed by atoms with E-state index in [-0.39, 0.29) is 17.7 Å². The molecule has 0 saturated carbocycles. The van der Waals surface area contributed by atoms with Crippen molar-refractivity contribution < 1.29 is 9.59 Å². The molecule has 2 amide bonds. The molecule has 3 atom stereocenters. The van der Waals surface area contributed by atoms with Gasteiger partial charge in [0.1, 0.15) is 6.04 Å². The smallest absolute Gasteiger partial charge is 0.242 e. The third-order valence-electron chi connectivity index (χ3n) is 2.96. The van der Waals surface area contributed by atoms with Gasteiger partial charge in [0.2, 0.25) is 11.8 Å². The van der Waals surface area contributed by atoms with Crippen molar-refractivity contribution in [3.05, 3.63) is 0 Å². The van der Waals surface area contributed by atoms with Gasteiger partial charge in [-0.3, -0.25) is 9.59 Å². The molecule has 1 rings (SSSR count). The van der Waals surface area contributed by atoms with Crippen molar-refractivity contribution in [2.45, 2.75) is 26.8 Å². The Hall–Kier alpha value is -1.10. The molecule has 0 aromatic rings. The van der Waals surface area contributed by atoms with Crippen LogP contribution in [0.5, 0.6) is 0 Å². The standard InChI is InChI=1S/C11H21N3O2/c1-4-13-10(15)8(3)14-11(16)9-6-12-5-7(9)2/h7-9,12H,4-6H2,1-3H3,(H,13,15)(H,14,16). The Kier molecular flexibility index (Phi) is 4.73. The summed E-state index contributed by atoms with van der Waals surface area (Å²) in [5.41, 5.74) is 0. The van der Waals surface area contributed by atoms with Crippen molar-refractivity contribution in [3.8, 4) is 0 Å². The fraction of sp³-hybridized carbons (Fsp3) is 0.818. The van der Waals surface area contributed by atoms with Crippen LogP contribution in [-0.4, -0.2) is 37.5 Å². The van der Waals surface area contributed by atoms with E-state index in [1.807, 2.05) is 13.8 Å². The zero-order valence-electron chi connectivity index (χ0n) is 10.2. The Morgan fingerprint density at radius 2 is 2.12 bits per heavy atom. The maximum atomic E-state index is 11.8. The number of carbonyl (C=O) groups excluding carboxylic acids is 2. The number of hydrogen-bond donors (Lipinski definition) is 3. The van der Waals surface area contributed by atoms with Crippen LogP contribution in [0.15, 0.2) is 0 Å². The van der Waals surface area contributed by atoms with Gasteiger partial charge in [0, 0.05) is 13.1 Å². The van der Waals surface area contributed by atoms with Gasteiger partial charge in [-0.2, -0.15) is 0 Å². The molecule has 16 heavy (non-hydrogen) atoms. The van der Waals surface area contributed by atoms with E-state index in [2.05, 4.69) is 16.0 Å². The van der Waals surface area contributed by atoms with E-state index in [0.717, 1.165) is 6.54 Å². The van der Waals surface area contributed by atoms with Crippen LogP contribution in [0, 0.1) is 11.8 Å². The second-order valence-electron chi connectivity index (χ2n) is 4.37. The molecule has 1 aliphatic rings. The molecule has 1 aliphatic heterocycles. The van der Waals surface area contributed by atoms with Crippen molar-refractivity contribution in [1.29, 1.82) is 0 Å². The van der Waals surface area contributed by atoms with Gasteiger partial charge in [0.25, 0.3) is 0 Å². The summed E-state index contributed by atoms with van der Waals surface area (Å²) in [5, 5.41) is 8.60. The quantitative estimate of drug-likeness (QED) is 0.605. The first kappa shape index (κ1) is 13.0. The minimum absolute atomic E-state index is 0.0168. The van der Waals surface area contributed by atoms with Gasteiger partial charge >= 0.3 is 0 Å². The Bertz CT molecular complexity index is 268. The maximum absolute atomic E-state index is 11.8. The van der Waals surface area contributed by atoms with Crippen LogP contribution in [0.1, 0.15) is 20.8 Å². The summed E-state index contributed by atoms with van der Waals surface area (Å²) in [6, 6.07) is -0.458. The molecule has 0 aromatic heterocycles. The Labute approximate surface area is 96.4 Å². The lowest BCUT2D eigenvalue weighted by molar-refractivity contribution is -0.131. The minimum atomic E-state index is -0.458. The average molecular weight is 227 g/mol. The van der Waals surface area contributed by atoms with Crippen LogP contribution in [0.3, 0.4) is 0 Å². The van der Waals surface area contributed by atoms with E-state index in [4.69, 9.17) is 0 Å². The van der Waals surface area contributed by atoms with Gasteiger partial charge in [-0.15, -0.1) is 0 Å². The van der Waals surface area contributed by atoms with Crippen LogP contribution in [-0.2, 0) is 9.59 Å². The summed E-state index contributed by atoms with van der Waals surface area (Å²) < 4.78 is 0. The van der Waals surface area contributed by atoms with Gasteiger partial charge in [-0.1, -0.05) is 6.92 Å². The molecule has 1 heterocycles. The molecular formula is C11H21N3O2. The number of nitrogens with one attached hydrogen (secondary N) is 3. The fourth-order valence-corrected chi connectivity index (χ4v) is 1.87. The first-order chi connectivity index (χ1) is 7.56. The Morgan fingerprint density at radius 3 is 2.62 bits per heavy atom. The van der Waals surface area contributed by atoms with Gasteiger partial charge < -0.3 is 16.0 Å². The fourth-order valence-electron chi connectivity index (χ4n) is 1.87. The highest BCUT2D eigenvalue weighted by atomic mass is 16.2. The predicted molar refractivity (Wildman–Crippen MR) is 61.8 cm³/mol. The van der Waals surface area contributed by atoms with E-state index >= 15 is 0 Å². The maximum Gasteiger partial charge on any atom is 0.242 e. The van der Waals surface area contributed by atoms with Crippen molar-refractivity contribution in [2.75, 3.05) is 19.6 Å². The molecule has 92 valence electrons. The molecule has 5 nitrogen and oxygen atoms in total. The lowest BCUT2D eigenvalue weighted by Gasteiger charge is -2.18. The molecule has 0 aliphatic carbocycles. The Balaban J connectivity index is 2.41. The molecule has 3 N–H and O–H groups in total. The zero-order chi connectivity index (χ0) is 12.1. The largest absolute Gasteiger partial charge is 0.355 e. The molecule has 0 radical (unpaired) electrons. The van der Waals surface area contributed by atoms with Crippen LogP contribution in [0.4, 0.5) is 0 Å². The molecule has 1 saturated heterocycles. The minimum Gasteiger partial charge on any atom is -0.355 e. The molecule has 1 fully saturated rings. The monoisotopic (exact) mass is 227 g/mol. The van der Waals surface area contributed by atoms with E-state index in [1.54, 1.807) is 6.92 Å². The number of rotatable bonds is 4. The van der Waals surface area contributed by atoms with Gasteiger partial charge in [0.05, 0.1) is 5.92 Å². The second kappa shape index (κ2) is 5.84. The third-order valence-corrected chi connectivity index (χ3v) is 2.96. The van der Waals surface area contributed by atoms with Crippen LogP contribution >= 0.6 is 0 Å². The molecular weight excluding hydrogens is 206 g/mol. The molecule has 3 unspecified atom stereocenters. The first-order valence-corrected chi connectivity index (χ1v) is 5.85. The van der Waals surface area contributed by atoms with E-state index in [9.17, 15) is 9.59 Å². The van der Waals surface area contributed by atoms with Crippen molar-refractivity contribution in [1.82, 2.24) is 16.0 Å². The van der Waals surface area contributed by atoms with Crippen molar-refractivity contribution in [3.63, 3.8) is 0 Å². The molecule has 0 spiro atoms. The third kappa shape index (κ3) is 3.20. The van der Waals surface area contributed by atoms with E-state index < -0.39 is 6.04 Å². The SMILES string of the molecule is CCNC(=O)C(C)NC(=O)C1CNCC1C. The highest BCUT2D eigenvalue weighted by molar-refractivity contribution is 5.88. The summed E-state index contributed by atoms with van der Waals surface area (Å²) in [6.07, 6.45) is 0. The predicted octanol–water partition coefficient (Wildman–Crippen LogP) is -0.517. The summed E-state index contributed by atoms with van der Waals surface area (Å²) in [6.45, 7) is 7.76. The zero-order valence-corrected chi connectivity index (χ0v) is 10.2. The number of likely N-dealkylation sites (N-methyl/N-ethyl adjacent to an activating group) is 1. The van der Waals surface area contributed by atoms with Gasteiger partial charge in [0.15, 0.2) is 0 Å². The van der Waals surface area contributed by atoms with Crippen molar-refractivity contribution >= 4 is 11.8 Å². The van der Waals surface area contributed by atoms with E-state index in [0.29, 0.717) is 19.0 Å². The molecule has 0 aromatic carbocycles. The first-order valence-electron chi connectivity index (χ1n) is 5.85. The lowest BCUT2D eigenvalue weighted by Crippen LogP contribution is -2.47. The van der Waals surface area contributed by atoms with Crippen LogP contribution < -0.4 is 16.0 Å². The van der Waals surface area contributed by atoms with Gasteiger partial charge in [-0.05, 0) is 26.3 Å². The molecule has 5 heteroatoms. The van der Waals surface area contributed by atoms with Crippen molar-refractivity contribution in [2.24, 2.45) is 11.8 Å². The topological polar surface area (TPSA) is 70.2 Å². The summed E-state index contributed by atoms with van der Waals surface area (Å²) in [4.78, 5) is 23.3. The summed E-state index contributed by atoms with van der Waals surface area (Å²) in [5.74, 6) is 0.157. The normalized spacial score (nSPS) is 26.2. The summed E-state index contributed by atoms with van der Waals surface area (Å²) >= 11 is 0. The van der Waals surface area contributed by atoms with Crippen LogP contribution in [0.25, 0.3) is 0 Å².